The third-order valence-corrected chi connectivity index (χ3v) is 4.29. The Morgan fingerprint density at radius 3 is 2.75 bits per heavy atom. The molecule has 8 heteroatoms. The minimum absolute atomic E-state index is 0.0162. The quantitative estimate of drug-likeness (QED) is 0.617. The number of aliphatic carboxylic acids is 1. The standard InChI is InChI=1S/C20H22FN3O4/c1-12(2)28-11-18(25)14-7-15-10-23-24(20(15)22-9-14)16-5-3-13(17(21)8-16)4-6-19(26)27/h3,5,7-10,12,18,25H,4,6,11H2,1-2H3,(H,26,27). The summed E-state index contributed by atoms with van der Waals surface area (Å²) in [7, 11) is 0. The van der Waals surface area contributed by atoms with Crippen LogP contribution in [0.15, 0.2) is 36.7 Å². The van der Waals surface area contributed by atoms with E-state index in [1.54, 1.807) is 30.6 Å². The second-order valence-electron chi connectivity index (χ2n) is 6.81. The number of aryl methyl sites for hydroxylation is 1. The van der Waals surface area contributed by atoms with Gasteiger partial charge in [-0.15, -0.1) is 0 Å². The number of hydrogen-bond donors (Lipinski definition) is 2. The Kier molecular flexibility index (Phi) is 6.01. The van der Waals surface area contributed by atoms with E-state index in [4.69, 9.17) is 9.84 Å². The first-order chi connectivity index (χ1) is 13.3. The Labute approximate surface area is 161 Å². The fourth-order valence-corrected chi connectivity index (χ4v) is 2.80. The van der Waals surface area contributed by atoms with Crippen LogP contribution in [0.2, 0.25) is 0 Å². The summed E-state index contributed by atoms with van der Waals surface area (Å²) < 4.78 is 21.2. The summed E-state index contributed by atoms with van der Waals surface area (Å²) in [6.07, 6.45) is 2.36. The molecule has 0 aliphatic rings. The van der Waals surface area contributed by atoms with Crippen LogP contribution in [-0.2, 0) is 16.0 Å². The van der Waals surface area contributed by atoms with Crippen LogP contribution in [-0.4, -0.2) is 43.7 Å². The van der Waals surface area contributed by atoms with Crippen molar-refractivity contribution in [1.29, 1.82) is 0 Å². The van der Waals surface area contributed by atoms with E-state index in [9.17, 15) is 14.3 Å². The number of carboxylic acids is 1. The van der Waals surface area contributed by atoms with Crippen molar-refractivity contribution in [2.75, 3.05) is 6.61 Å². The molecule has 0 saturated heterocycles. The first kappa shape index (κ1) is 19.9. The average Bonchev–Trinajstić information content (AvgIpc) is 3.08. The molecule has 0 aliphatic carbocycles. The van der Waals surface area contributed by atoms with E-state index in [2.05, 4.69) is 10.1 Å². The van der Waals surface area contributed by atoms with Crippen molar-refractivity contribution >= 4 is 17.0 Å². The smallest absolute Gasteiger partial charge is 0.303 e. The number of halogens is 1. The molecular weight excluding hydrogens is 365 g/mol. The molecule has 0 saturated carbocycles. The molecule has 2 aromatic heterocycles. The normalized spacial score (nSPS) is 12.6. The number of carboxylic acid groups (broad SMARTS) is 1. The van der Waals surface area contributed by atoms with Gasteiger partial charge in [0.15, 0.2) is 5.65 Å². The number of aliphatic hydroxyl groups is 1. The maximum atomic E-state index is 14.3. The highest BCUT2D eigenvalue weighted by Gasteiger charge is 2.14. The van der Waals surface area contributed by atoms with Gasteiger partial charge in [-0.1, -0.05) is 6.07 Å². The molecule has 148 valence electrons. The van der Waals surface area contributed by atoms with Gasteiger partial charge in [-0.2, -0.15) is 5.10 Å². The molecule has 0 amide bonds. The Hall–Kier alpha value is -2.84. The molecule has 2 heterocycles. The molecule has 1 aromatic carbocycles. The Bertz CT molecular complexity index is 987. The fraction of sp³-hybridized carbons (Fsp3) is 0.350. The van der Waals surface area contributed by atoms with Crippen molar-refractivity contribution in [3.63, 3.8) is 0 Å². The predicted octanol–water partition coefficient (Wildman–Crippen LogP) is 3.04. The molecule has 1 atom stereocenters. The Balaban J connectivity index is 1.84. The van der Waals surface area contributed by atoms with Crippen molar-refractivity contribution in [3.8, 4) is 5.69 Å². The van der Waals surface area contributed by atoms with Crippen LogP contribution in [0, 0.1) is 5.82 Å². The maximum Gasteiger partial charge on any atom is 0.303 e. The van der Waals surface area contributed by atoms with Crippen molar-refractivity contribution in [3.05, 3.63) is 53.6 Å². The lowest BCUT2D eigenvalue weighted by Gasteiger charge is -2.13. The number of ether oxygens (including phenoxy) is 1. The molecule has 3 rings (SSSR count). The Morgan fingerprint density at radius 2 is 2.07 bits per heavy atom. The highest BCUT2D eigenvalue weighted by atomic mass is 19.1. The van der Waals surface area contributed by atoms with Gasteiger partial charge in [-0.05, 0) is 44.0 Å². The molecule has 2 N–H and O–H groups in total. The van der Waals surface area contributed by atoms with E-state index in [0.29, 0.717) is 27.8 Å². The van der Waals surface area contributed by atoms with E-state index in [0.717, 1.165) is 0 Å². The number of pyridine rings is 1. The monoisotopic (exact) mass is 387 g/mol. The molecule has 0 radical (unpaired) electrons. The van der Waals surface area contributed by atoms with Gasteiger partial charge in [0.2, 0.25) is 0 Å². The third kappa shape index (κ3) is 4.52. The molecule has 1 unspecified atom stereocenters. The number of benzene rings is 1. The first-order valence-electron chi connectivity index (χ1n) is 8.99. The third-order valence-electron chi connectivity index (χ3n) is 4.29. The SMILES string of the molecule is CC(C)OCC(O)c1cnc2c(cnn2-c2ccc(CCC(=O)O)c(F)c2)c1. The van der Waals surface area contributed by atoms with E-state index in [-0.39, 0.29) is 25.6 Å². The summed E-state index contributed by atoms with van der Waals surface area (Å²) in [5, 5.41) is 23.9. The van der Waals surface area contributed by atoms with Crippen LogP contribution in [0.25, 0.3) is 16.7 Å². The summed E-state index contributed by atoms with van der Waals surface area (Å²) in [6, 6.07) is 6.32. The van der Waals surface area contributed by atoms with Gasteiger partial charge >= 0.3 is 5.97 Å². The zero-order valence-corrected chi connectivity index (χ0v) is 15.7. The molecule has 0 fully saturated rings. The fourth-order valence-electron chi connectivity index (χ4n) is 2.80. The maximum absolute atomic E-state index is 14.3. The summed E-state index contributed by atoms with van der Waals surface area (Å²) in [5.41, 5.74) is 1.96. The minimum Gasteiger partial charge on any atom is -0.481 e. The molecule has 0 aliphatic heterocycles. The lowest BCUT2D eigenvalue weighted by atomic mass is 10.1. The van der Waals surface area contributed by atoms with Gasteiger partial charge in [-0.3, -0.25) is 4.79 Å². The van der Waals surface area contributed by atoms with Crippen LogP contribution in [0.5, 0.6) is 0 Å². The molecule has 28 heavy (non-hydrogen) atoms. The summed E-state index contributed by atoms with van der Waals surface area (Å²) in [4.78, 5) is 15.0. The lowest BCUT2D eigenvalue weighted by molar-refractivity contribution is -0.136. The van der Waals surface area contributed by atoms with E-state index < -0.39 is 17.9 Å². The number of aliphatic hydroxyl groups excluding tert-OH is 1. The average molecular weight is 387 g/mol. The van der Waals surface area contributed by atoms with Gasteiger partial charge in [0.25, 0.3) is 0 Å². The van der Waals surface area contributed by atoms with E-state index in [1.165, 1.54) is 10.7 Å². The minimum atomic E-state index is -0.970. The lowest BCUT2D eigenvalue weighted by Crippen LogP contribution is -2.12. The van der Waals surface area contributed by atoms with Gasteiger partial charge in [0.1, 0.15) is 11.9 Å². The molecule has 0 bridgehead atoms. The van der Waals surface area contributed by atoms with Crippen LogP contribution in [0.4, 0.5) is 4.39 Å². The number of fused-ring (bicyclic) bond motifs is 1. The first-order valence-corrected chi connectivity index (χ1v) is 8.99. The molecule has 7 nitrogen and oxygen atoms in total. The van der Waals surface area contributed by atoms with Gasteiger partial charge < -0.3 is 14.9 Å². The molecular formula is C20H22FN3O4. The molecule has 3 aromatic rings. The largest absolute Gasteiger partial charge is 0.481 e. The number of rotatable bonds is 8. The van der Waals surface area contributed by atoms with Crippen LogP contribution in [0.3, 0.4) is 0 Å². The van der Waals surface area contributed by atoms with Crippen LogP contribution >= 0.6 is 0 Å². The number of carbonyl (C=O) groups is 1. The second kappa shape index (κ2) is 8.45. The van der Waals surface area contributed by atoms with Crippen LogP contribution < -0.4 is 0 Å². The van der Waals surface area contributed by atoms with Gasteiger partial charge in [0.05, 0.1) is 24.6 Å². The number of aromatic nitrogens is 3. The van der Waals surface area contributed by atoms with Crippen molar-refractivity contribution in [1.82, 2.24) is 14.8 Å². The second-order valence-corrected chi connectivity index (χ2v) is 6.81. The topological polar surface area (TPSA) is 97.5 Å². The van der Waals surface area contributed by atoms with Crippen molar-refractivity contribution in [2.24, 2.45) is 0 Å². The summed E-state index contributed by atoms with van der Waals surface area (Å²) in [5.74, 6) is -1.46. The van der Waals surface area contributed by atoms with Crippen molar-refractivity contribution < 1.29 is 24.1 Å². The summed E-state index contributed by atoms with van der Waals surface area (Å²) >= 11 is 0. The van der Waals surface area contributed by atoms with Crippen molar-refractivity contribution in [2.45, 2.75) is 38.9 Å². The summed E-state index contributed by atoms with van der Waals surface area (Å²) in [6.45, 7) is 3.95. The highest BCUT2D eigenvalue weighted by molar-refractivity contribution is 5.77. The predicted molar refractivity (Wildman–Crippen MR) is 101 cm³/mol. The van der Waals surface area contributed by atoms with Crippen LogP contribution in [0.1, 0.15) is 37.5 Å². The number of hydrogen-bond acceptors (Lipinski definition) is 5. The van der Waals surface area contributed by atoms with E-state index in [1.807, 2.05) is 13.8 Å². The molecule has 0 spiro atoms. The van der Waals surface area contributed by atoms with E-state index >= 15 is 0 Å². The zero-order chi connectivity index (χ0) is 20.3. The Morgan fingerprint density at radius 1 is 1.29 bits per heavy atom. The zero-order valence-electron chi connectivity index (χ0n) is 15.7. The van der Waals surface area contributed by atoms with Gasteiger partial charge in [-0.25, -0.2) is 14.1 Å². The number of nitrogens with zero attached hydrogens (tertiary/aromatic N) is 3. The highest BCUT2D eigenvalue weighted by Crippen LogP contribution is 2.22. The van der Waals surface area contributed by atoms with Gasteiger partial charge in [0, 0.05) is 23.6 Å².